The molecule has 128 valence electrons. The van der Waals surface area contributed by atoms with Crippen LogP contribution >= 0.6 is 0 Å². The summed E-state index contributed by atoms with van der Waals surface area (Å²) in [5, 5.41) is 4.13. The van der Waals surface area contributed by atoms with Crippen molar-refractivity contribution in [2.45, 2.75) is 13.0 Å². The van der Waals surface area contributed by atoms with Crippen molar-refractivity contribution in [1.29, 1.82) is 0 Å². The first-order valence-corrected chi connectivity index (χ1v) is 7.52. The molecule has 0 radical (unpaired) electrons. The maximum absolute atomic E-state index is 13.8. The maximum atomic E-state index is 13.8. The average molecular weight is 343 g/mol. The van der Waals surface area contributed by atoms with Crippen molar-refractivity contribution in [3.05, 3.63) is 77.6 Å². The topological polar surface area (TPSA) is 70.1 Å². The van der Waals surface area contributed by atoms with Gasteiger partial charge in [0.15, 0.2) is 11.6 Å². The predicted molar refractivity (Wildman–Crippen MR) is 87.2 cm³/mol. The van der Waals surface area contributed by atoms with Gasteiger partial charge in [-0.15, -0.1) is 0 Å². The molecule has 0 bridgehead atoms. The Hall–Kier alpha value is -3.22. The summed E-state index contributed by atoms with van der Waals surface area (Å²) in [6.07, 6.45) is 1.59. The van der Waals surface area contributed by atoms with Gasteiger partial charge in [-0.2, -0.15) is 5.10 Å². The Bertz CT molecular complexity index is 889. The zero-order valence-electron chi connectivity index (χ0n) is 13.2. The normalized spacial score (nSPS) is 10.6. The van der Waals surface area contributed by atoms with E-state index in [0.717, 1.165) is 10.2 Å². The number of rotatable bonds is 6. The van der Waals surface area contributed by atoms with Crippen LogP contribution in [0.3, 0.4) is 0 Å². The Morgan fingerprint density at radius 1 is 1.12 bits per heavy atom. The molecule has 0 fully saturated rings. The number of aromatic nitrogens is 2. The van der Waals surface area contributed by atoms with E-state index in [1.54, 1.807) is 30.3 Å². The third-order valence-electron chi connectivity index (χ3n) is 3.47. The molecule has 0 atom stereocenters. The van der Waals surface area contributed by atoms with Crippen LogP contribution in [0.15, 0.2) is 54.7 Å². The number of amides is 1. The largest absolute Gasteiger partial charge is 0.487 e. The predicted octanol–water partition coefficient (Wildman–Crippen LogP) is 2.76. The summed E-state index contributed by atoms with van der Waals surface area (Å²) in [5.41, 5.74) is 6.17. The second kappa shape index (κ2) is 7.12. The molecule has 0 aliphatic heterocycles. The van der Waals surface area contributed by atoms with Crippen LogP contribution < -0.4 is 10.5 Å². The first-order valence-electron chi connectivity index (χ1n) is 7.52. The zero-order chi connectivity index (χ0) is 17.8. The summed E-state index contributed by atoms with van der Waals surface area (Å²) in [5.74, 6) is -1.28. The van der Waals surface area contributed by atoms with Crippen molar-refractivity contribution in [1.82, 2.24) is 9.78 Å². The fourth-order valence-corrected chi connectivity index (χ4v) is 2.37. The van der Waals surface area contributed by atoms with Crippen LogP contribution in [0.5, 0.6) is 5.75 Å². The molecule has 0 aliphatic rings. The molecule has 0 saturated carbocycles. The van der Waals surface area contributed by atoms with Gasteiger partial charge in [-0.25, -0.2) is 13.5 Å². The molecular weight excluding hydrogens is 328 g/mol. The molecule has 0 spiro atoms. The molecule has 1 heterocycles. The summed E-state index contributed by atoms with van der Waals surface area (Å²) in [4.78, 5) is 11.0. The lowest BCUT2D eigenvalue weighted by Gasteiger charge is -2.07. The Labute approximate surface area is 142 Å². The number of primary amides is 1. The second-order valence-electron chi connectivity index (χ2n) is 5.40. The lowest BCUT2D eigenvalue weighted by atomic mass is 10.1. The molecule has 2 N–H and O–H groups in total. The summed E-state index contributed by atoms with van der Waals surface area (Å²) < 4.78 is 34.3. The van der Waals surface area contributed by atoms with Crippen LogP contribution in [0.1, 0.15) is 11.3 Å². The van der Waals surface area contributed by atoms with E-state index in [2.05, 4.69) is 5.10 Å². The average Bonchev–Trinajstić information content (AvgIpc) is 3.01. The van der Waals surface area contributed by atoms with Gasteiger partial charge in [0.25, 0.3) is 0 Å². The van der Waals surface area contributed by atoms with Crippen LogP contribution in [-0.4, -0.2) is 15.7 Å². The van der Waals surface area contributed by atoms with E-state index in [4.69, 9.17) is 10.5 Å². The van der Waals surface area contributed by atoms with Gasteiger partial charge in [0.05, 0.1) is 6.42 Å². The van der Waals surface area contributed by atoms with Gasteiger partial charge < -0.3 is 10.5 Å². The van der Waals surface area contributed by atoms with Crippen molar-refractivity contribution in [3.8, 4) is 11.4 Å². The highest BCUT2D eigenvalue weighted by atomic mass is 19.1. The molecule has 3 rings (SSSR count). The van der Waals surface area contributed by atoms with E-state index in [1.165, 1.54) is 24.4 Å². The molecule has 5 nitrogen and oxygen atoms in total. The number of carbonyl (C=O) groups is 1. The van der Waals surface area contributed by atoms with Gasteiger partial charge in [0, 0.05) is 6.20 Å². The van der Waals surface area contributed by atoms with Crippen molar-refractivity contribution in [2.24, 2.45) is 5.73 Å². The van der Waals surface area contributed by atoms with Gasteiger partial charge in [-0.05, 0) is 35.9 Å². The Kier molecular flexibility index (Phi) is 4.74. The molecule has 1 amide bonds. The number of carbonyl (C=O) groups excluding carboxylic acids is 1. The molecule has 7 heteroatoms. The fraction of sp³-hybridized carbons (Fsp3) is 0.111. The molecule has 0 aliphatic carbocycles. The van der Waals surface area contributed by atoms with E-state index in [0.29, 0.717) is 11.4 Å². The van der Waals surface area contributed by atoms with Gasteiger partial charge >= 0.3 is 0 Å². The SMILES string of the molecule is NC(=O)Cc1cccc(OCc2ccn(-c3c(F)cccc3F)n2)c1. The molecular formula is C18H15F2N3O2. The molecule has 2 aromatic carbocycles. The summed E-state index contributed by atoms with van der Waals surface area (Å²) in [6.45, 7) is 0.114. The standard InChI is InChI=1S/C18H15F2N3O2/c19-15-5-2-6-16(20)18(15)23-8-7-13(22-23)11-25-14-4-1-3-12(9-14)10-17(21)24/h1-9H,10-11H2,(H2,21,24). The highest BCUT2D eigenvalue weighted by Gasteiger charge is 2.12. The number of hydrogen-bond donors (Lipinski definition) is 1. The van der Waals surface area contributed by atoms with Gasteiger partial charge in [-0.3, -0.25) is 4.79 Å². The number of hydrogen-bond acceptors (Lipinski definition) is 3. The first kappa shape index (κ1) is 16.6. The second-order valence-corrected chi connectivity index (χ2v) is 5.40. The van der Waals surface area contributed by atoms with E-state index in [9.17, 15) is 13.6 Å². The van der Waals surface area contributed by atoms with E-state index >= 15 is 0 Å². The van der Waals surface area contributed by atoms with Crippen LogP contribution in [-0.2, 0) is 17.8 Å². The van der Waals surface area contributed by atoms with E-state index in [1.807, 2.05) is 0 Å². The Morgan fingerprint density at radius 3 is 2.56 bits per heavy atom. The molecule has 0 unspecified atom stereocenters. The summed E-state index contributed by atoms with van der Waals surface area (Å²) >= 11 is 0. The minimum Gasteiger partial charge on any atom is -0.487 e. The Balaban J connectivity index is 1.71. The van der Waals surface area contributed by atoms with E-state index in [-0.39, 0.29) is 18.7 Å². The van der Waals surface area contributed by atoms with Gasteiger partial charge in [0.1, 0.15) is 23.7 Å². The zero-order valence-corrected chi connectivity index (χ0v) is 13.2. The number of para-hydroxylation sites is 1. The first-order chi connectivity index (χ1) is 12.0. The summed E-state index contributed by atoms with van der Waals surface area (Å²) in [6, 6.07) is 12.2. The third-order valence-corrected chi connectivity index (χ3v) is 3.47. The third kappa shape index (κ3) is 4.00. The van der Waals surface area contributed by atoms with Gasteiger partial charge in [-0.1, -0.05) is 18.2 Å². The molecule has 1 aromatic heterocycles. The van der Waals surface area contributed by atoms with Crippen molar-refractivity contribution in [2.75, 3.05) is 0 Å². The molecule has 25 heavy (non-hydrogen) atoms. The van der Waals surface area contributed by atoms with Crippen molar-refractivity contribution < 1.29 is 18.3 Å². The van der Waals surface area contributed by atoms with Crippen LogP contribution in [0.25, 0.3) is 5.69 Å². The van der Waals surface area contributed by atoms with Crippen LogP contribution in [0.2, 0.25) is 0 Å². The number of halogens is 2. The number of nitrogens with zero attached hydrogens (tertiary/aromatic N) is 2. The number of nitrogens with two attached hydrogens (primary N) is 1. The number of benzene rings is 2. The lowest BCUT2D eigenvalue weighted by molar-refractivity contribution is -0.117. The van der Waals surface area contributed by atoms with Crippen molar-refractivity contribution in [3.63, 3.8) is 0 Å². The molecule has 3 aromatic rings. The fourth-order valence-electron chi connectivity index (χ4n) is 2.37. The van der Waals surface area contributed by atoms with E-state index < -0.39 is 17.5 Å². The summed E-state index contributed by atoms with van der Waals surface area (Å²) in [7, 11) is 0. The van der Waals surface area contributed by atoms with Crippen LogP contribution in [0, 0.1) is 11.6 Å². The van der Waals surface area contributed by atoms with Gasteiger partial charge in [0.2, 0.25) is 5.91 Å². The quantitative estimate of drug-likeness (QED) is 0.748. The molecule has 0 saturated heterocycles. The minimum absolute atomic E-state index is 0.114. The smallest absolute Gasteiger partial charge is 0.221 e. The van der Waals surface area contributed by atoms with Crippen LogP contribution in [0.4, 0.5) is 8.78 Å². The highest BCUT2D eigenvalue weighted by Crippen LogP contribution is 2.18. The monoisotopic (exact) mass is 343 g/mol. The Morgan fingerprint density at radius 2 is 1.84 bits per heavy atom. The lowest BCUT2D eigenvalue weighted by Crippen LogP contribution is -2.13. The van der Waals surface area contributed by atoms with Crippen molar-refractivity contribution >= 4 is 5.91 Å². The minimum atomic E-state index is -0.699. The number of ether oxygens (including phenoxy) is 1. The highest BCUT2D eigenvalue weighted by molar-refractivity contribution is 5.76. The maximum Gasteiger partial charge on any atom is 0.221 e.